The second kappa shape index (κ2) is 10.7. The summed E-state index contributed by atoms with van der Waals surface area (Å²) in [4.78, 5) is 22.4. The Morgan fingerprint density at radius 1 is 1.00 bits per heavy atom. The van der Waals surface area contributed by atoms with Crippen LogP contribution in [0.15, 0.2) is 0 Å². The summed E-state index contributed by atoms with van der Waals surface area (Å²) in [6.45, 7) is 6.38. The lowest BCUT2D eigenvalue weighted by atomic mass is 10.4. The highest BCUT2D eigenvalue weighted by molar-refractivity contribution is 5.80. The van der Waals surface area contributed by atoms with E-state index >= 15 is 0 Å². The van der Waals surface area contributed by atoms with Crippen LogP contribution >= 0.6 is 0 Å². The standard InChI is InChI=1S/C12H22O7/c1-4-16-5-6-17-7-8-18-12(15)10(3)19-11(14)9(2)13/h9-10,13H,4-8H2,1-3H3. The smallest absolute Gasteiger partial charge is 0.347 e. The Morgan fingerprint density at radius 3 is 2.16 bits per heavy atom. The monoisotopic (exact) mass is 278 g/mol. The Hall–Kier alpha value is -1.18. The summed E-state index contributed by atoms with van der Waals surface area (Å²) >= 11 is 0. The van der Waals surface area contributed by atoms with Crippen LogP contribution in [-0.4, -0.2) is 62.3 Å². The molecule has 0 rings (SSSR count). The molecule has 7 heteroatoms. The minimum Gasteiger partial charge on any atom is -0.461 e. The van der Waals surface area contributed by atoms with Gasteiger partial charge in [-0.2, -0.15) is 0 Å². The first kappa shape index (κ1) is 17.8. The van der Waals surface area contributed by atoms with E-state index in [-0.39, 0.29) is 13.2 Å². The number of ether oxygens (including phenoxy) is 4. The van der Waals surface area contributed by atoms with Crippen LogP contribution in [0.2, 0.25) is 0 Å². The molecule has 2 unspecified atom stereocenters. The van der Waals surface area contributed by atoms with Gasteiger partial charge in [0.2, 0.25) is 0 Å². The van der Waals surface area contributed by atoms with Crippen molar-refractivity contribution in [1.29, 1.82) is 0 Å². The Kier molecular flexibility index (Phi) is 10.1. The molecule has 0 heterocycles. The first-order chi connectivity index (χ1) is 8.99. The molecule has 1 N–H and O–H groups in total. The third-order valence-corrected chi connectivity index (χ3v) is 2.01. The first-order valence-electron chi connectivity index (χ1n) is 6.19. The second-order valence-corrected chi connectivity index (χ2v) is 3.73. The van der Waals surface area contributed by atoms with E-state index in [2.05, 4.69) is 4.74 Å². The van der Waals surface area contributed by atoms with Crippen molar-refractivity contribution in [3.05, 3.63) is 0 Å². The fraction of sp³-hybridized carbons (Fsp3) is 0.833. The van der Waals surface area contributed by atoms with Crippen molar-refractivity contribution in [2.45, 2.75) is 33.0 Å². The molecule has 2 atom stereocenters. The highest BCUT2D eigenvalue weighted by Gasteiger charge is 2.21. The predicted octanol–water partition coefficient (Wildman–Crippen LogP) is -0.105. The molecule has 0 saturated carbocycles. The molecular weight excluding hydrogens is 256 g/mol. The highest BCUT2D eigenvalue weighted by atomic mass is 16.6. The van der Waals surface area contributed by atoms with Crippen molar-refractivity contribution < 1.29 is 33.6 Å². The highest BCUT2D eigenvalue weighted by Crippen LogP contribution is 1.98. The maximum absolute atomic E-state index is 11.4. The van der Waals surface area contributed by atoms with E-state index < -0.39 is 24.1 Å². The normalized spacial score (nSPS) is 13.7. The van der Waals surface area contributed by atoms with Gasteiger partial charge in [-0.3, -0.25) is 0 Å². The zero-order valence-electron chi connectivity index (χ0n) is 11.6. The summed E-state index contributed by atoms with van der Waals surface area (Å²) in [5, 5.41) is 8.91. The minimum atomic E-state index is -1.27. The zero-order valence-corrected chi connectivity index (χ0v) is 11.6. The fourth-order valence-corrected chi connectivity index (χ4v) is 1.00. The van der Waals surface area contributed by atoms with Gasteiger partial charge in [0.15, 0.2) is 6.10 Å². The number of rotatable bonds is 10. The maximum Gasteiger partial charge on any atom is 0.347 e. The number of carbonyl (C=O) groups is 2. The quantitative estimate of drug-likeness (QED) is 0.440. The summed E-state index contributed by atoms with van der Waals surface area (Å²) < 4.78 is 19.7. The van der Waals surface area contributed by atoms with Crippen LogP contribution in [0.1, 0.15) is 20.8 Å². The van der Waals surface area contributed by atoms with Crippen LogP contribution in [0, 0.1) is 0 Å². The number of hydrogen-bond donors (Lipinski definition) is 1. The Balaban J connectivity index is 3.60. The molecule has 0 radical (unpaired) electrons. The molecule has 0 aromatic rings. The number of carbonyl (C=O) groups excluding carboxylic acids is 2. The molecule has 0 bridgehead atoms. The first-order valence-corrected chi connectivity index (χ1v) is 6.19. The molecule has 19 heavy (non-hydrogen) atoms. The van der Waals surface area contributed by atoms with Crippen molar-refractivity contribution in [3.63, 3.8) is 0 Å². The van der Waals surface area contributed by atoms with Gasteiger partial charge < -0.3 is 24.1 Å². The molecule has 0 amide bonds. The molecule has 0 saturated heterocycles. The molecule has 0 aliphatic rings. The van der Waals surface area contributed by atoms with Gasteiger partial charge in [0.1, 0.15) is 12.7 Å². The SMILES string of the molecule is CCOCCOCCOC(=O)C(C)OC(=O)C(C)O. The van der Waals surface area contributed by atoms with Crippen molar-refractivity contribution in [2.24, 2.45) is 0 Å². The van der Waals surface area contributed by atoms with Gasteiger partial charge in [-0.1, -0.05) is 0 Å². The third-order valence-electron chi connectivity index (χ3n) is 2.01. The molecule has 0 spiro atoms. The van der Waals surface area contributed by atoms with E-state index in [0.717, 1.165) is 0 Å². The zero-order chi connectivity index (χ0) is 14.7. The number of esters is 2. The molecule has 0 aliphatic heterocycles. The van der Waals surface area contributed by atoms with Gasteiger partial charge in [0.25, 0.3) is 0 Å². The number of aliphatic hydroxyl groups is 1. The van der Waals surface area contributed by atoms with Gasteiger partial charge in [0, 0.05) is 6.61 Å². The van der Waals surface area contributed by atoms with E-state index in [1.807, 2.05) is 6.92 Å². The third kappa shape index (κ3) is 9.40. The average molecular weight is 278 g/mol. The summed E-state index contributed by atoms with van der Waals surface area (Å²) in [7, 11) is 0. The van der Waals surface area contributed by atoms with Gasteiger partial charge in [0.05, 0.1) is 19.8 Å². The molecule has 0 aliphatic carbocycles. The van der Waals surface area contributed by atoms with Gasteiger partial charge in [-0.15, -0.1) is 0 Å². The van der Waals surface area contributed by atoms with E-state index in [0.29, 0.717) is 19.8 Å². The average Bonchev–Trinajstić information content (AvgIpc) is 2.37. The van der Waals surface area contributed by atoms with Crippen molar-refractivity contribution in [3.8, 4) is 0 Å². The maximum atomic E-state index is 11.4. The molecule has 112 valence electrons. The number of aliphatic hydroxyl groups excluding tert-OH is 1. The Labute approximate surface area is 112 Å². The number of hydrogen-bond acceptors (Lipinski definition) is 7. The summed E-state index contributed by atoms with van der Waals surface area (Å²) in [6.07, 6.45) is -2.32. The summed E-state index contributed by atoms with van der Waals surface area (Å²) in [6, 6.07) is 0. The van der Waals surface area contributed by atoms with Crippen molar-refractivity contribution in [1.82, 2.24) is 0 Å². The van der Waals surface area contributed by atoms with Crippen molar-refractivity contribution in [2.75, 3.05) is 33.0 Å². The van der Waals surface area contributed by atoms with E-state index in [1.54, 1.807) is 0 Å². The molecular formula is C12H22O7. The van der Waals surface area contributed by atoms with E-state index in [1.165, 1.54) is 13.8 Å². The summed E-state index contributed by atoms with van der Waals surface area (Å²) in [5.74, 6) is -1.54. The van der Waals surface area contributed by atoms with Crippen LogP contribution in [0.5, 0.6) is 0 Å². The fourth-order valence-electron chi connectivity index (χ4n) is 1.00. The molecule has 0 fully saturated rings. The van der Waals surface area contributed by atoms with Gasteiger partial charge in [-0.05, 0) is 20.8 Å². The van der Waals surface area contributed by atoms with Crippen LogP contribution in [0.3, 0.4) is 0 Å². The van der Waals surface area contributed by atoms with Gasteiger partial charge in [-0.25, -0.2) is 9.59 Å². The van der Waals surface area contributed by atoms with E-state index in [9.17, 15) is 9.59 Å². The molecule has 0 aromatic carbocycles. The Bertz CT molecular complexity index is 265. The molecule has 7 nitrogen and oxygen atoms in total. The molecule has 0 aromatic heterocycles. The summed E-state index contributed by atoms with van der Waals surface area (Å²) in [5.41, 5.74) is 0. The topological polar surface area (TPSA) is 91.3 Å². The van der Waals surface area contributed by atoms with Crippen LogP contribution in [0.25, 0.3) is 0 Å². The predicted molar refractivity (Wildman–Crippen MR) is 65.5 cm³/mol. The van der Waals surface area contributed by atoms with Gasteiger partial charge >= 0.3 is 11.9 Å². The van der Waals surface area contributed by atoms with Crippen LogP contribution in [0.4, 0.5) is 0 Å². The van der Waals surface area contributed by atoms with Crippen molar-refractivity contribution >= 4 is 11.9 Å². The Morgan fingerprint density at radius 2 is 1.58 bits per heavy atom. The minimum absolute atomic E-state index is 0.0710. The largest absolute Gasteiger partial charge is 0.461 e. The van der Waals surface area contributed by atoms with E-state index in [4.69, 9.17) is 19.3 Å². The lowest BCUT2D eigenvalue weighted by Gasteiger charge is -2.13. The van der Waals surface area contributed by atoms with Crippen LogP contribution < -0.4 is 0 Å². The van der Waals surface area contributed by atoms with Crippen LogP contribution in [-0.2, 0) is 28.5 Å². The lowest BCUT2D eigenvalue weighted by molar-refractivity contribution is -0.172. The lowest BCUT2D eigenvalue weighted by Crippen LogP contribution is -2.31. The second-order valence-electron chi connectivity index (χ2n) is 3.73.